The zero-order valence-corrected chi connectivity index (χ0v) is 20.8. The quantitative estimate of drug-likeness (QED) is 0.363. The van der Waals surface area contributed by atoms with Crippen molar-refractivity contribution in [3.05, 3.63) is 66.4 Å². The molecule has 1 aliphatic carbocycles. The summed E-state index contributed by atoms with van der Waals surface area (Å²) in [6.07, 6.45) is 11.7. The van der Waals surface area contributed by atoms with E-state index < -0.39 is 0 Å². The molecule has 1 saturated carbocycles. The Kier molecular flexibility index (Phi) is 6.64. The Labute approximate surface area is 215 Å². The SMILES string of the molecule is O=C(NC1CCC(c2cc[nH]c3cnc4nccc4c23)CC1)N1CCCC(COc2ccc(F)cc2)C1. The van der Waals surface area contributed by atoms with Crippen molar-refractivity contribution in [2.24, 2.45) is 5.92 Å². The number of H-pyrrole nitrogens is 1. The minimum absolute atomic E-state index is 0.0327. The average molecular weight is 502 g/mol. The third-order valence-electron chi connectivity index (χ3n) is 7.92. The molecule has 0 spiro atoms. The van der Waals surface area contributed by atoms with Gasteiger partial charge in [-0.1, -0.05) is 0 Å². The van der Waals surface area contributed by atoms with Gasteiger partial charge in [0, 0.05) is 48.2 Å². The Morgan fingerprint density at radius 3 is 2.76 bits per heavy atom. The van der Waals surface area contributed by atoms with Gasteiger partial charge in [-0.05, 0) is 86.4 Å². The lowest BCUT2D eigenvalue weighted by Gasteiger charge is -2.35. The summed E-state index contributed by atoms with van der Waals surface area (Å²) in [4.78, 5) is 27.2. The van der Waals surface area contributed by atoms with E-state index in [2.05, 4.69) is 26.3 Å². The van der Waals surface area contributed by atoms with Crippen LogP contribution < -0.4 is 10.1 Å². The van der Waals surface area contributed by atoms with E-state index in [0.29, 0.717) is 24.8 Å². The Morgan fingerprint density at radius 2 is 1.92 bits per heavy atom. The zero-order chi connectivity index (χ0) is 25.2. The van der Waals surface area contributed by atoms with E-state index >= 15 is 0 Å². The number of hydrogen-bond donors (Lipinski definition) is 2. The molecule has 0 bridgehead atoms. The first kappa shape index (κ1) is 23.7. The van der Waals surface area contributed by atoms with Crippen molar-refractivity contribution < 1.29 is 13.9 Å². The number of fused-ring (bicyclic) bond motifs is 3. The third-order valence-corrected chi connectivity index (χ3v) is 7.92. The number of aromatic amines is 1. The minimum atomic E-state index is -0.272. The highest BCUT2D eigenvalue weighted by Crippen LogP contribution is 2.38. The summed E-state index contributed by atoms with van der Waals surface area (Å²) >= 11 is 0. The van der Waals surface area contributed by atoms with Gasteiger partial charge in [0.15, 0.2) is 5.65 Å². The molecule has 3 aromatic heterocycles. The number of amides is 2. The molecule has 2 aliphatic rings. The second-order valence-corrected chi connectivity index (χ2v) is 10.4. The number of aromatic nitrogens is 3. The minimum Gasteiger partial charge on any atom is -0.493 e. The second-order valence-electron chi connectivity index (χ2n) is 10.4. The number of likely N-dealkylation sites (tertiary alicyclic amines) is 1. The van der Waals surface area contributed by atoms with Crippen LogP contribution in [0.2, 0.25) is 0 Å². The number of pyridine rings is 2. The molecule has 1 unspecified atom stereocenters. The molecule has 1 atom stereocenters. The normalized spacial score (nSPS) is 22.3. The largest absolute Gasteiger partial charge is 0.493 e. The Balaban J connectivity index is 1.03. The summed E-state index contributed by atoms with van der Waals surface area (Å²) in [6.45, 7) is 2.00. The first-order valence-corrected chi connectivity index (χ1v) is 13.3. The van der Waals surface area contributed by atoms with Gasteiger partial charge in [0.1, 0.15) is 11.6 Å². The molecule has 4 aromatic rings. The number of carbonyl (C=O) groups excluding carboxylic acids is 1. The van der Waals surface area contributed by atoms with Crippen LogP contribution in [0.1, 0.15) is 50.0 Å². The number of nitrogens with zero attached hydrogens (tertiary/aromatic N) is 3. The van der Waals surface area contributed by atoms with E-state index in [1.165, 1.54) is 23.1 Å². The highest BCUT2D eigenvalue weighted by molar-refractivity contribution is 6.05. The van der Waals surface area contributed by atoms with E-state index in [1.807, 2.05) is 29.6 Å². The van der Waals surface area contributed by atoms with Crippen LogP contribution in [-0.2, 0) is 0 Å². The Hall–Kier alpha value is -3.68. The van der Waals surface area contributed by atoms with Crippen molar-refractivity contribution in [1.82, 2.24) is 25.2 Å². The lowest BCUT2D eigenvalue weighted by molar-refractivity contribution is 0.133. The molecule has 1 aliphatic heterocycles. The number of carbonyl (C=O) groups is 1. The van der Waals surface area contributed by atoms with E-state index in [0.717, 1.165) is 61.6 Å². The molecule has 37 heavy (non-hydrogen) atoms. The lowest BCUT2D eigenvalue weighted by Crippen LogP contribution is -2.50. The van der Waals surface area contributed by atoms with Gasteiger partial charge in [0.25, 0.3) is 0 Å². The van der Waals surface area contributed by atoms with Crippen molar-refractivity contribution in [2.75, 3.05) is 19.7 Å². The molecule has 2 fully saturated rings. The number of hydrogen-bond acceptors (Lipinski definition) is 4. The van der Waals surface area contributed by atoms with Gasteiger partial charge in [-0.3, -0.25) is 0 Å². The van der Waals surface area contributed by atoms with Crippen molar-refractivity contribution in [2.45, 2.75) is 50.5 Å². The third kappa shape index (κ3) is 5.10. The average Bonchev–Trinajstić information content (AvgIpc) is 3.42. The summed E-state index contributed by atoms with van der Waals surface area (Å²) < 4.78 is 19.0. The molecule has 2 N–H and O–H groups in total. The van der Waals surface area contributed by atoms with Gasteiger partial charge in [0.2, 0.25) is 0 Å². The first-order valence-electron chi connectivity index (χ1n) is 13.3. The topological polar surface area (TPSA) is 83.1 Å². The maximum atomic E-state index is 13.1. The van der Waals surface area contributed by atoms with Gasteiger partial charge in [-0.15, -0.1) is 0 Å². The standard InChI is InChI=1S/C29H32FN5O2/c30-21-5-9-23(10-6-21)37-18-19-2-1-15-35(17-19)29(36)34-22-7-3-20(4-8-22)24-11-13-31-26-16-33-28-25(27(24)26)12-14-32-28/h5-6,9-14,16,19-20,22,31H,1-4,7-8,15,17-18H2,(H,34,36). The molecule has 7 nitrogen and oxygen atoms in total. The first-order chi connectivity index (χ1) is 18.1. The van der Waals surface area contributed by atoms with Gasteiger partial charge >= 0.3 is 6.03 Å². The molecule has 192 valence electrons. The van der Waals surface area contributed by atoms with Crippen LogP contribution in [0.4, 0.5) is 9.18 Å². The van der Waals surface area contributed by atoms with Crippen LogP contribution in [0.3, 0.4) is 0 Å². The van der Waals surface area contributed by atoms with Crippen LogP contribution in [0.15, 0.2) is 55.0 Å². The summed E-state index contributed by atoms with van der Waals surface area (Å²) in [7, 11) is 0. The fourth-order valence-electron chi connectivity index (χ4n) is 5.97. The summed E-state index contributed by atoms with van der Waals surface area (Å²) in [6, 6.07) is 10.6. The second kappa shape index (κ2) is 10.4. The van der Waals surface area contributed by atoms with Crippen LogP contribution in [0, 0.1) is 11.7 Å². The number of benzene rings is 1. The summed E-state index contributed by atoms with van der Waals surface area (Å²) in [5.41, 5.74) is 3.17. The summed E-state index contributed by atoms with van der Waals surface area (Å²) in [5, 5.41) is 5.62. The highest BCUT2D eigenvalue weighted by Gasteiger charge is 2.29. The number of nitrogens with one attached hydrogen (secondary N) is 2. The van der Waals surface area contributed by atoms with Crippen LogP contribution in [-0.4, -0.2) is 51.6 Å². The molecule has 0 radical (unpaired) electrons. The van der Waals surface area contributed by atoms with Crippen molar-refractivity contribution >= 4 is 28.0 Å². The highest BCUT2D eigenvalue weighted by atomic mass is 19.1. The monoisotopic (exact) mass is 501 g/mol. The number of rotatable bonds is 5. The van der Waals surface area contributed by atoms with Crippen LogP contribution >= 0.6 is 0 Å². The smallest absolute Gasteiger partial charge is 0.317 e. The zero-order valence-electron chi connectivity index (χ0n) is 20.8. The van der Waals surface area contributed by atoms with Gasteiger partial charge in [-0.2, -0.15) is 0 Å². The molecule has 6 rings (SSSR count). The van der Waals surface area contributed by atoms with Crippen molar-refractivity contribution in [3.8, 4) is 5.75 Å². The molecule has 2 amide bonds. The number of piperidine rings is 1. The van der Waals surface area contributed by atoms with Gasteiger partial charge < -0.3 is 19.9 Å². The Morgan fingerprint density at radius 1 is 1.08 bits per heavy atom. The number of ether oxygens (including phenoxy) is 1. The van der Waals surface area contributed by atoms with Crippen LogP contribution in [0.5, 0.6) is 5.75 Å². The van der Waals surface area contributed by atoms with E-state index in [1.54, 1.807) is 12.1 Å². The molecular weight excluding hydrogens is 469 g/mol. The maximum absolute atomic E-state index is 13.1. The fourth-order valence-corrected chi connectivity index (χ4v) is 5.97. The molecule has 8 heteroatoms. The molecular formula is C29H32FN5O2. The molecule has 1 saturated heterocycles. The molecule has 4 heterocycles. The predicted octanol–water partition coefficient (Wildman–Crippen LogP) is 5.78. The van der Waals surface area contributed by atoms with Gasteiger partial charge in [0.05, 0.1) is 18.3 Å². The number of urea groups is 1. The maximum Gasteiger partial charge on any atom is 0.317 e. The summed E-state index contributed by atoms with van der Waals surface area (Å²) in [5.74, 6) is 1.12. The van der Waals surface area contributed by atoms with Gasteiger partial charge in [-0.25, -0.2) is 19.2 Å². The van der Waals surface area contributed by atoms with E-state index in [9.17, 15) is 9.18 Å². The fraction of sp³-hybridized carbons (Fsp3) is 0.414. The van der Waals surface area contributed by atoms with E-state index in [4.69, 9.17) is 4.74 Å². The number of halogens is 1. The van der Waals surface area contributed by atoms with Crippen LogP contribution in [0.25, 0.3) is 21.9 Å². The van der Waals surface area contributed by atoms with Crippen molar-refractivity contribution in [3.63, 3.8) is 0 Å². The molecule has 1 aromatic carbocycles. The lowest BCUT2D eigenvalue weighted by atomic mass is 9.80. The predicted molar refractivity (Wildman–Crippen MR) is 141 cm³/mol. The van der Waals surface area contributed by atoms with E-state index in [-0.39, 0.29) is 23.8 Å². The Bertz CT molecular complexity index is 1380. The van der Waals surface area contributed by atoms with Crippen molar-refractivity contribution in [1.29, 1.82) is 0 Å².